The van der Waals surface area contributed by atoms with Gasteiger partial charge in [-0.2, -0.15) is 0 Å². The maximum Gasteiger partial charge on any atom is 0.269 e. The minimum Gasteiger partial charge on any atom is -0.491 e. The lowest BCUT2D eigenvalue weighted by molar-refractivity contribution is 0.126. The summed E-state index contributed by atoms with van der Waals surface area (Å²) in [4.78, 5) is 12.1. The number of ether oxygens (including phenoxy) is 2. The molecule has 24 heavy (non-hydrogen) atoms. The second kappa shape index (κ2) is 8.60. The molecule has 0 bridgehead atoms. The van der Waals surface area contributed by atoms with Gasteiger partial charge < -0.3 is 14.0 Å². The highest BCUT2D eigenvalue weighted by atomic mass is 79.9. The molecular formula is C16H15BrClF2NO3. The number of benzene rings is 1. The van der Waals surface area contributed by atoms with E-state index >= 15 is 0 Å². The summed E-state index contributed by atoms with van der Waals surface area (Å²) in [5.74, 6) is 0.597. The van der Waals surface area contributed by atoms with E-state index in [-0.39, 0.29) is 5.02 Å². The van der Waals surface area contributed by atoms with Crippen molar-refractivity contribution < 1.29 is 18.3 Å². The van der Waals surface area contributed by atoms with E-state index in [0.29, 0.717) is 34.7 Å². The molecule has 4 nitrogen and oxygen atoms in total. The van der Waals surface area contributed by atoms with Crippen LogP contribution in [0, 0.1) is 0 Å². The standard InChI is InChI=1S/C16H15BrClF2NO3/c1-23-6-7-24-10-2-3-11(12(17)8-10)14-5-4-13(18)16(22)21(14)9-15(19)20/h2-5,8,15H,6-7,9H2,1H3. The highest BCUT2D eigenvalue weighted by Crippen LogP contribution is 2.31. The molecule has 8 heteroatoms. The minimum absolute atomic E-state index is 0.102. The molecule has 0 fully saturated rings. The van der Waals surface area contributed by atoms with E-state index in [1.165, 1.54) is 12.1 Å². The van der Waals surface area contributed by atoms with E-state index in [9.17, 15) is 13.6 Å². The Morgan fingerprint density at radius 2 is 2.00 bits per heavy atom. The number of alkyl halides is 2. The SMILES string of the molecule is COCCOc1ccc(-c2ccc(Cl)c(=O)n2CC(F)F)c(Br)c1. The molecule has 1 aromatic carbocycles. The lowest BCUT2D eigenvalue weighted by atomic mass is 10.1. The van der Waals surface area contributed by atoms with Crippen LogP contribution in [-0.2, 0) is 11.3 Å². The Balaban J connectivity index is 2.41. The second-order valence-corrected chi connectivity index (χ2v) is 6.12. The van der Waals surface area contributed by atoms with Crippen molar-refractivity contribution in [3.05, 3.63) is 50.2 Å². The molecule has 0 aliphatic rings. The molecule has 0 unspecified atom stereocenters. The topological polar surface area (TPSA) is 40.5 Å². The van der Waals surface area contributed by atoms with E-state index in [0.717, 1.165) is 4.57 Å². The van der Waals surface area contributed by atoms with Gasteiger partial charge in [0.25, 0.3) is 12.0 Å². The number of pyridine rings is 1. The molecule has 0 saturated carbocycles. The van der Waals surface area contributed by atoms with Gasteiger partial charge in [0.2, 0.25) is 0 Å². The van der Waals surface area contributed by atoms with Crippen molar-refractivity contribution in [3.8, 4) is 17.0 Å². The molecule has 0 amide bonds. The Morgan fingerprint density at radius 3 is 2.62 bits per heavy atom. The zero-order valence-electron chi connectivity index (χ0n) is 12.8. The van der Waals surface area contributed by atoms with Crippen LogP contribution in [0.3, 0.4) is 0 Å². The first-order valence-corrected chi connectivity index (χ1v) is 8.20. The number of aromatic nitrogens is 1. The largest absolute Gasteiger partial charge is 0.491 e. The molecular weight excluding hydrogens is 408 g/mol. The van der Waals surface area contributed by atoms with Crippen molar-refractivity contribution in [2.75, 3.05) is 20.3 Å². The fraction of sp³-hybridized carbons (Fsp3) is 0.312. The van der Waals surface area contributed by atoms with Gasteiger partial charge >= 0.3 is 0 Å². The van der Waals surface area contributed by atoms with Gasteiger partial charge in [-0.15, -0.1) is 0 Å². The summed E-state index contributed by atoms with van der Waals surface area (Å²) in [6.07, 6.45) is -2.67. The van der Waals surface area contributed by atoms with Crippen molar-refractivity contribution in [1.82, 2.24) is 4.57 Å². The average Bonchev–Trinajstić information content (AvgIpc) is 2.53. The molecule has 1 aromatic heterocycles. The smallest absolute Gasteiger partial charge is 0.269 e. The average molecular weight is 423 g/mol. The lowest BCUT2D eigenvalue weighted by Gasteiger charge is -2.15. The lowest BCUT2D eigenvalue weighted by Crippen LogP contribution is -2.25. The van der Waals surface area contributed by atoms with Crippen molar-refractivity contribution >= 4 is 27.5 Å². The number of methoxy groups -OCH3 is 1. The number of halogens is 4. The van der Waals surface area contributed by atoms with Crippen LogP contribution in [0.2, 0.25) is 5.02 Å². The van der Waals surface area contributed by atoms with Crippen LogP contribution in [0.25, 0.3) is 11.3 Å². The van der Waals surface area contributed by atoms with E-state index in [4.69, 9.17) is 21.1 Å². The Hall–Kier alpha value is -1.44. The van der Waals surface area contributed by atoms with Crippen LogP contribution in [0.15, 0.2) is 39.6 Å². The zero-order valence-corrected chi connectivity index (χ0v) is 15.1. The van der Waals surface area contributed by atoms with Crippen LogP contribution in [-0.4, -0.2) is 31.3 Å². The van der Waals surface area contributed by atoms with E-state index in [1.54, 1.807) is 25.3 Å². The van der Waals surface area contributed by atoms with Crippen LogP contribution in [0.1, 0.15) is 0 Å². The predicted molar refractivity (Wildman–Crippen MR) is 92.2 cm³/mol. The van der Waals surface area contributed by atoms with Crippen molar-refractivity contribution in [2.45, 2.75) is 13.0 Å². The molecule has 0 saturated heterocycles. The highest BCUT2D eigenvalue weighted by Gasteiger charge is 2.16. The number of nitrogens with zero attached hydrogens (tertiary/aromatic N) is 1. The predicted octanol–water partition coefficient (Wildman–Crippen LogP) is 4.22. The second-order valence-electron chi connectivity index (χ2n) is 4.86. The highest BCUT2D eigenvalue weighted by molar-refractivity contribution is 9.10. The van der Waals surface area contributed by atoms with Gasteiger partial charge in [0.1, 0.15) is 17.4 Å². The summed E-state index contributed by atoms with van der Waals surface area (Å²) in [5, 5.41) is -0.102. The van der Waals surface area contributed by atoms with Gasteiger partial charge in [-0.05, 0) is 46.3 Å². The monoisotopic (exact) mass is 421 g/mol. The fourth-order valence-electron chi connectivity index (χ4n) is 2.14. The van der Waals surface area contributed by atoms with E-state index in [2.05, 4.69) is 15.9 Å². The quantitative estimate of drug-likeness (QED) is 0.627. The van der Waals surface area contributed by atoms with Crippen molar-refractivity contribution in [3.63, 3.8) is 0 Å². The molecule has 0 atom stereocenters. The normalized spacial score (nSPS) is 11.1. The van der Waals surface area contributed by atoms with Crippen LogP contribution >= 0.6 is 27.5 Å². The maximum absolute atomic E-state index is 12.8. The van der Waals surface area contributed by atoms with Gasteiger partial charge in [0, 0.05) is 17.1 Å². The van der Waals surface area contributed by atoms with Crippen LogP contribution in [0.4, 0.5) is 8.78 Å². The van der Waals surface area contributed by atoms with E-state index in [1.807, 2.05) is 0 Å². The first-order chi connectivity index (χ1) is 11.4. The first-order valence-electron chi connectivity index (χ1n) is 7.03. The summed E-state index contributed by atoms with van der Waals surface area (Å²) >= 11 is 9.16. The Bertz CT molecular complexity index is 767. The van der Waals surface area contributed by atoms with E-state index < -0.39 is 18.5 Å². The van der Waals surface area contributed by atoms with Crippen molar-refractivity contribution in [2.24, 2.45) is 0 Å². The number of hydrogen-bond donors (Lipinski definition) is 0. The summed E-state index contributed by atoms with van der Waals surface area (Å²) in [5.41, 5.74) is 0.283. The summed E-state index contributed by atoms with van der Waals surface area (Å²) in [6.45, 7) is 0.108. The third-order valence-electron chi connectivity index (χ3n) is 3.22. The fourth-order valence-corrected chi connectivity index (χ4v) is 2.87. The first kappa shape index (κ1) is 18.9. The molecule has 130 valence electrons. The Kier molecular flexibility index (Phi) is 6.77. The molecule has 1 heterocycles. The van der Waals surface area contributed by atoms with Gasteiger partial charge in [0.15, 0.2) is 0 Å². The molecule has 0 aliphatic carbocycles. The summed E-state index contributed by atoms with van der Waals surface area (Å²) < 4.78 is 37.6. The molecule has 0 N–H and O–H groups in total. The number of hydrogen-bond acceptors (Lipinski definition) is 3. The Morgan fingerprint density at radius 1 is 1.25 bits per heavy atom. The van der Waals surface area contributed by atoms with Gasteiger partial charge in [-0.3, -0.25) is 4.79 Å². The van der Waals surface area contributed by atoms with Gasteiger partial charge in [-0.1, -0.05) is 11.6 Å². The van der Waals surface area contributed by atoms with Crippen LogP contribution < -0.4 is 10.3 Å². The summed E-state index contributed by atoms with van der Waals surface area (Å²) in [7, 11) is 1.57. The minimum atomic E-state index is -2.67. The van der Waals surface area contributed by atoms with Gasteiger partial charge in [-0.25, -0.2) is 8.78 Å². The molecule has 2 rings (SSSR count). The third kappa shape index (κ3) is 4.55. The number of rotatable bonds is 7. The molecule has 0 aliphatic heterocycles. The molecule has 0 spiro atoms. The maximum atomic E-state index is 12.8. The van der Waals surface area contributed by atoms with Crippen LogP contribution in [0.5, 0.6) is 5.75 Å². The van der Waals surface area contributed by atoms with Crippen molar-refractivity contribution in [1.29, 1.82) is 0 Å². The molecule has 2 aromatic rings. The van der Waals surface area contributed by atoms with Gasteiger partial charge in [0.05, 0.1) is 18.8 Å². The Labute approximate surface area is 151 Å². The summed E-state index contributed by atoms with van der Waals surface area (Å²) in [6, 6.07) is 8.03. The zero-order chi connectivity index (χ0) is 17.7. The molecule has 0 radical (unpaired) electrons. The third-order valence-corrected chi connectivity index (χ3v) is 4.16.